The normalized spacial score (nSPS) is 20.3. The Morgan fingerprint density at radius 1 is 1.37 bits per heavy atom. The van der Waals surface area contributed by atoms with Crippen molar-refractivity contribution in [1.29, 1.82) is 0 Å². The summed E-state index contributed by atoms with van der Waals surface area (Å²) in [5.74, 6) is 0.465. The van der Waals surface area contributed by atoms with Gasteiger partial charge in [-0.2, -0.15) is 0 Å². The van der Waals surface area contributed by atoms with Crippen LogP contribution in [0.1, 0.15) is 66.2 Å². The molecule has 0 amide bonds. The third-order valence-electron chi connectivity index (χ3n) is 3.99. The molecule has 0 heterocycles. The van der Waals surface area contributed by atoms with E-state index in [9.17, 15) is 0 Å². The maximum Gasteiger partial charge on any atom is 0.135 e. The molecule has 0 bridgehead atoms. The number of alkyl halides is 1. The third kappa shape index (κ3) is 4.97. The van der Waals surface area contributed by atoms with E-state index in [0.29, 0.717) is 18.8 Å². The Morgan fingerprint density at radius 3 is 2.53 bits per heavy atom. The zero-order chi connectivity index (χ0) is 14.3. The van der Waals surface area contributed by atoms with Gasteiger partial charge in [0.15, 0.2) is 0 Å². The smallest absolute Gasteiger partial charge is 0.135 e. The predicted molar refractivity (Wildman–Crippen MR) is 83.0 cm³/mol. The first-order valence-electron chi connectivity index (χ1n) is 7.80. The summed E-state index contributed by atoms with van der Waals surface area (Å²) in [6.45, 7) is 8.33. The number of allylic oxidation sites excluding steroid dienone is 6. The van der Waals surface area contributed by atoms with Crippen LogP contribution in [0.5, 0.6) is 0 Å². The van der Waals surface area contributed by atoms with Crippen LogP contribution in [0.25, 0.3) is 0 Å². The van der Waals surface area contributed by atoms with E-state index < -0.39 is 5.67 Å². The number of hydrogen-bond acceptors (Lipinski definition) is 0. The molecule has 0 nitrogen and oxygen atoms in total. The highest BCUT2D eigenvalue weighted by atomic mass is 19.1. The van der Waals surface area contributed by atoms with Crippen molar-refractivity contribution in [3.63, 3.8) is 0 Å². The summed E-state index contributed by atoms with van der Waals surface area (Å²) in [4.78, 5) is 0. The largest absolute Gasteiger partial charge is 0.239 e. The molecule has 19 heavy (non-hydrogen) atoms. The van der Waals surface area contributed by atoms with Crippen molar-refractivity contribution >= 4 is 0 Å². The molecular weight excluding hydrogens is 235 g/mol. The molecule has 108 valence electrons. The highest BCUT2D eigenvalue weighted by Gasteiger charge is 2.30. The SMILES string of the molecule is C/C=C(\C=C/C(C)C1=CC1)C(F)(CCC)CCCC. The van der Waals surface area contributed by atoms with Crippen molar-refractivity contribution in [2.75, 3.05) is 0 Å². The van der Waals surface area contributed by atoms with Gasteiger partial charge in [-0.15, -0.1) is 0 Å². The average Bonchev–Trinajstić information content (AvgIpc) is 3.21. The summed E-state index contributed by atoms with van der Waals surface area (Å²) in [6.07, 6.45) is 13.7. The van der Waals surface area contributed by atoms with Gasteiger partial charge in [0, 0.05) is 0 Å². The van der Waals surface area contributed by atoms with Crippen LogP contribution in [0.4, 0.5) is 4.39 Å². The molecule has 1 aliphatic rings. The van der Waals surface area contributed by atoms with Gasteiger partial charge in [-0.05, 0) is 37.7 Å². The minimum atomic E-state index is -1.13. The molecule has 0 saturated heterocycles. The topological polar surface area (TPSA) is 0 Å². The van der Waals surface area contributed by atoms with Crippen molar-refractivity contribution in [2.24, 2.45) is 5.92 Å². The first-order chi connectivity index (χ1) is 9.07. The van der Waals surface area contributed by atoms with E-state index in [2.05, 4.69) is 32.9 Å². The number of hydrogen-bond donors (Lipinski definition) is 0. The number of rotatable bonds is 9. The fourth-order valence-corrected chi connectivity index (χ4v) is 2.57. The van der Waals surface area contributed by atoms with E-state index in [-0.39, 0.29) is 0 Å². The number of halogens is 1. The van der Waals surface area contributed by atoms with Gasteiger partial charge in [0.25, 0.3) is 0 Å². The summed E-state index contributed by atoms with van der Waals surface area (Å²) in [5.41, 5.74) is 1.23. The molecule has 1 rings (SSSR count). The molecular formula is C18H29F. The van der Waals surface area contributed by atoms with Gasteiger partial charge in [-0.1, -0.05) is 69.9 Å². The van der Waals surface area contributed by atoms with Gasteiger partial charge in [0.2, 0.25) is 0 Å². The molecule has 0 radical (unpaired) electrons. The van der Waals surface area contributed by atoms with Crippen molar-refractivity contribution in [3.05, 3.63) is 35.5 Å². The highest BCUT2D eigenvalue weighted by molar-refractivity contribution is 5.33. The summed E-state index contributed by atoms with van der Waals surface area (Å²) >= 11 is 0. The van der Waals surface area contributed by atoms with E-state index in [1.54, 1.807) is 0 Å². The lowest BCUT2D eigenvalue weighted by molar-refractivity contribution is 0.181. The van der Waals surface area contributed by atoms with Crippen LogP contribution in [-0.4, -0.2) is 5.67 Å². The molecule has 0 aromatic rings. The predicted octanol–water partition coefficient (Wildman–Crippen LogP) is 6.15. The van der Waals surface area contributed by atoms with Crippen LogP contribution < -0.4 is 0 Å². The summed E-state index contributed by atoms with van der Waals surface area (Å²) in [6, 6.07) is 0. The first kappa shape index (κ1) is 16.2. The fourth-order valence-electron chi connectivity index (χ4n) is 2.57. The second-order valence-corrected chi connectivity index (χ2v) is 5.69. The van der Waals surface area contributed by atoms with E-state index in [1.807, 2.05) is 19.1 Å². The quantitative estimate of drug-likeness (QED) is 0.346. The Kier molecular flexibility index (Phi) is 6.54. The van der Waals surface area contributed by atoms with Crippen LogP contribution in [0.3, 0.4) is 0 Å². The maximum atomic E-state index is 15.2. The van der Waals surface area contributed by atoms with Gasteiger partial charge >= 0.3 is 0 Å². The van der Waals surface area contributed by atoms with Crippen LogP contribution in [-0.2, 0) is 0 Å². The number of unbranched alkanes of at least 4 members (excludes halogenated alkanes) is 1. The average molecular weight is 264 g/mol. The zero-order valence-corrected chi connectivity index (χ0v) is 13.0. The molecule has 0 aliphatic heterocycles. The Morgan fingerprint density at radius 2 is 2.05 bits per heavy atom. The van der Waals surface area contributed by atoms with Gasteiger partial charge in [-0.3, -0.25) is 0 Å². The molecule has 0 spiro atoms. The Labute approximate surface area is 118 Å². The summed E-state index contributed by atoms with van der Waals surface area (Å²) in [5, 5.41) is 0. The molecule has 0 aromatic carbocycles. The van der Waals surface area contributed by atoms with Crippen molar-refractivity contribution in [3.8, 4) is 0 Å². The Bertz CT molecular complexity index is 362. The van der Waals surface area contributed by atoms with Crippen molar-refractivity contribution in [1.82, 2.24) is 0 Å². The molecule has 0 fully saturated rings. The summed E-state index contributed by atoms with van der Waals surface area (Å²) < 4.78 is 15.2. The minimum absolute atomic E-state index is 0.465. The van der Waals surface area contributed by atoms with Gasteiger partial charge in [-0.25, -0.2) is 4.39 Å². The lowest BCUT2D eigenvalue weighted by atomic mass is 9.85. The second-order valence-electron chi connectivity index (χ2n) is 5.69. The molecule has 0 aromatic heterocycles. The fraction of sp³-hybridized carbons (Fsp3) is 0.667. The van der Waals surface area contributed by atoms with Crippen LogP contribution in [0, 0.1) is 5.92 Å². The van der Waals surface area contributed by atoms with Crippen LogP contribution in [0.15, 0.2) is 35.5 Å². The zero-order valence-electron chi connectivity index (χ0n) is 13.0. The van der Waals surface area contributed by atoms with Gasteiger partial charge in [0.05, 0.1) is 0 Å². The minimum Gasteiger partial charge on any atom is -0.239 e. The molecule has 1 heteroatoms. The lowest BCUT2D eigenvalue weighted by Crippen LogP contribution is -2.25. The van der Waals surface area contributed by atoms with E-state index in [0.717, 1.165) is 31.3 Å². The van der Waals surface area contributed by atoms with E-state index >= 15 is 4.39 Å². The van der Waals surface area contributed by atoms with Gasteiger partial charge < -0.3 is 0 Å². The van der Waals surface area contributed by atoms with Crippen LogP contribution >= 0.6 is 0 Å². The Balaban J connectivity index is 2.74. The second kappa shape index (κ2) is 7.67. The monoisotopic (exact) mass is 264 g/mol. The third-order valence-corrected chi connectivity index (χ3v) is 3.99. The summed E-state index contributed by atoms with van der Waals surface area (Å²) in [7, 11) is 0. The standard InChI is InChI=1S/C18H29F/c1-5-8-14-18(19,13-6-2)17(7-3)12-9-15(4)16-10-11-16/h7,9-10,12,15H,5-6,8,11,13-14H2,1-4H3/b12-9-,17-7+. The molecule has 0 N–H and O–H groups in total. The molecule has 0 saturated carbocycles. The van der Waals surface area contributed by atoms with Crippen LogP contribution in [0.2, 0.25) is 0 Å². The van der Waals surface area contributed by atoms with Crippen molar-refractivity contribution < 1.29 is 4.39 Å². The maximum absolute atomic E-state index is 15.2. The van der Waals surface area contributed by atoms with Gasteiger partial charge in [0.1, 0.15) is 5.67 Å². The molecule has 2 unspecified atom stereocenters. The van der Waals surface area contributed by atoms with E-state index in [4.69, 9.17) is 0 Å². The first-order valence-corrected chi connectivity index (χ1v) is 7.80. The van der Waals surface area contributed by atoms with E-state index in [1.165, 1.54) is 5.57 Å². The lowest BCUT2D eigenvalue weighted by Gasteiger charge is -2.26. The van der Waals surface area contributed by atoms with Crippen molar-refractivity contribution in [2.45, 2.75) is 71.9 Å². The highest BCUT2D eigenvalue weighted by Crippen LogP contribution is 2.35. The molecule has 1 aliphatic carbocycles. The Hall–Kier alpha value is -0.850. The molecule has 2 atom stereocenters.